The number of rotatable bonds is 4. The Morgan fingerprint density at radius 1 is 1.19 bits per heavy atom. The van der Waals surface area contributed by atoms with E-state index in [4.69, 9.17) is 30.8 Å². The first-order valence-corrected chi connectivity index (χ1v) is 19.7. The monoisotopic (exact) mass is 752 g/mol. The molecule has 0 radical (unpaired) electrons. The summed E-state index contributed by atoms with van der Waals surface area (Å²) in [6.07, 6.45) is 8.36. The van der Waals surface area contributed by atoms with Crippen LogP contribution in [0.2, 0.25) is 5.02 Å². The fourth-order valence-corrected chi connectivity index (χ4v) is 10.2. The van der Waals surface area contributed by atoms with Crippen LogP contribution in [-0.4, -0.2) is 87.8 Å². The molecular formula is C37H45ClN6O7S. The number of hydrogen-bond donors (Lipinski definition) is 2. The molecule has 7 atom stereocenters. The standard InChI is InChI=1S/C37H45ClN6O7S/c1-22-19-52(48,41-34(46)27-18-43(2)40-36(27)50-4)42-35(47)29-11-13-32-33(39-29)44(17-24-7-9-26(24)31(49-3)14-12-30(22)45)20-37(21-51-32)15-5-6-23-16-25(38)8-10-28(23)37/h8,10-14,16,18,22,24,26,30-31,45H,5-7,9,15,17,19-21H2,1-4H3,(H,41,42,46,47,48)/b14-12+/t22-,24+,26-,30+,31+,37+,52-/m1/s1. The summed E-state index contributed by atoms with van der Waals surface area (Å²) < 4.78 is 40.3. The van der Waals surface area contributed by atoms with Gasteiger partial charge in [-0.05, 0) is 85.3 Å². The van der Waals surface area contributed by atoms with Gasteiger partial charge >= 0.3 is 5.91 Å². The highest BCUT2D eigenvalue weighted by atomic mass is 35.5. The van der Waals surface area contributed by atoms with Crippen LogP contribution in [0, 0.1) is 17.8 Å². The summed E-state index contributed by atoms with van der Waals surface area (Å²) in [6.45, 7) is 3.35. The van der Waals surface area contributed by atoms with E-state index in [0.29, 0.717) is 36.3 Å². The Labute approximate surface area is 309 Å². The minimum Gasteiger partial charge on any atom is -0.489 e. The van der Waals surface area contributed by atoms with Crippen molar-refractivity contribution in [1.29, 1.82) is 0 Å². The number of pyridine rings is 1. The Kier molecular flexibility index (Phi) is 10.1. The number of aliphatic hydroxyl groups is 1. The summed E-state index contributed by atoms with van der Waals surface area (Å²) in [5, 5.41) is 16.0. The number of halogens is 1. The zero-order chi connectivity index (χ0) is 36.8. The molecule has 278 valence electrons. The SMILES string of the molecule is COc1nn(C)cc1C(=O)N[S@@]1(=O)=NC(=O)c2ccc3c(n2)N(C[C@@H]2CC[C@H]2[C@@H](OC)/C=C/[C@H](O)[C@H](C)C1)C[C@@]1(CCCc2cc(Cl)ccc21)CO3. The summed E-state index contributed by atoms with van der Waals surface area (Å²) >= 11 is 6.44. The number of fused-ring (bicyclic) bond motifs is 4. The Bertz CT molecular complexity index is 2030. The number of aryl methyl sites for hydroxylation is 2. The van der Waals surface area contributed by atoms with E-state index < -0.39 is 33.8 Å². The van der Waals surface area contributed by atoms with E-state index in [1.807, 2.05) is 18.2 Å². The Hall–Kier alpha value is -3.98. The summed E-state index contributed by atoms with van der Waals surface area (Å²) in [7, 11) is 0.821. The van der Waals surface area contributed by atoms with Gasteiger partial charge in [0.1, 0.15) is 21.2 Å². The van der Waals surface area contributed by atoms with E-state index in [-0.39, 0.29) is 46.2 Å². The number of nitrogens with zero attached hydrogens (tertiary/aromatic N) is 5. The molecule has 1 aromatic carbocycles. The Morgan fingerprint density at radius 2 is 2.02 bits per heavy atom. The van der Waals surface area contributed by atoms with Crippen molar-refractivity contribution in [2.24, 2.45) is 29.2 Å². The van der Waals surface area contributed by atoms with Crippen molar-refractivity contribution < 1.29 is 33.1 Å². The molecule has 52 heavy (non-hydrogen) atoms. The second-order valence-corrected chi connectivity index (χ2v) is 17.0. The predicted molar refractivity (Wildman–Crippen MR) is 196 cm³/mol. The van der Waals surface area contributed by atoms with E-state index in [0.717, 1.165) is 32.1 Å². The van der Waals surface area contributed by atoms with Crippen molar-refractivity contribution in [1.82, 2.24) is 19.5 Å². The maximum Gasteiger partial charge on any atom is 0.305 e. The molecular weight excluding hydrogens is 708 g/mol. The highest BCUT2D eigenvalue weighted by molar-refractivity contribution is 7.92. The van der Waals surface area contributed by atoms with Gasteiger partial charge in [0, 0.05) is 43.9 Å². The average molecular weight is 753 g/mol. The first-order valence-electron chi connectivity index (χ1n) is 17.7. The molecule has 1 saturated carbocycles. The molecule has 1 fully saturated rings. The Balaban J connectivity index is 1.32. The van der Waals surface area contributed by atoms with Crippen LogP contribution in [-0.2, 0) is 33.5 Å². The molecule has 7 rings (SSSR count). The van der Waals surface area contributed by atoms with Crippen LogP contribution in [0.15, 0.2) is 53.0 Å². The van der Waals surface area contributed by atoms with E-state index in [1.54, 1.807) is 33.2 Å². The molecule has 4 aliphatic rings. The third-order valence-corrected chi connectivity index (χ3v) is 13.2. The normalized spacial score (nSPS) is 30.8. The van der Waals surface area contributed by atoms with E-state index in [1.165, 1.54) is 35.2 Å². The predicted octanol–water partition coefficient (Wildman–Crippen LogP) is 4.51. The first-order chi connectivity index (χ1) is 24.9. The van der Waals surface area contributed by atoms with Gasteiger partial charge in [0.25, 0.3) is 5.91 Å². The number of amides is 2. The van der Waals surface area contributed by atoms with Crippen molar-refractivity contribution in [3.8, 4) is 11.6 Å². The van der Waals surface area contributed by atoms with E-state index >= 15 is 0 Å². The maximum absolute atomic E-state index is 14.6. The van der Waals surface area contributed by atoms with Crippen LogP contribution >= 0.6 is 11.6 Å². The highest BCUT2D eigenvalue weighted by Gasteiger charge is 2.45. The summed E-state index contributed by atoms with van der Waals surface area (Å²) in [6, 6.07) is 9.33. The zero-order valence-electron chi connectivity index (χ0n) is 29.8. The number of carbonyl (C=O) groups is 2. The fraction of sp³-hybridized carbons (Fsp3) is 0.514. The van der Waals surface area contributed by atoms with Gasteiger partial charge < -0.3 is 24.2 Å². The molecule has 2 amide bonds. The van der Waals surface area contributed by atoms with Crippen LogP contribution in [0.5, 0.6) is 11.6 Å². The molecule has 0 unspecified atom stereocenters. The Morgan fingerprint density at radius 3 is 2.77 bits per heavy atom. The lowest BCUT2D eigenvalue weighted by Gasteiger charge is -2.45. The van der Waals surface area contributed by atoms with Crippen LogP contribution in [0.1, 0.15) is 64.6 Å². The molecule has 1 spiro atoms. The third kappa shape index (κ3) is 7.05. The summed E-state index contributed by atoms with van der Waals surface area (Å²) in [5.41, 5.74) is 2.05. The third-order valence-electron chi connectivity index (χ3n) is 11.0. The largest absolute Gasteiger partial charge is 0.489 e. The number of aromatic nitrogens is 3. The van der Waals surface area contributed by atoms with Crippen molar-refractivity contribution in [2.45, 2.75) is 56.7 Å². The topological polar surface area (TPSA) is 157 Å². The maximum atomic E-state index is 14.6. The number of aliphatic hydroxyl groups excluding tert-OH is 1. The van der Waals surface area contributed by atoms with Crippen LogP contribution in [0.25, 0.3) is 0 Å². The number of carbonyl (C=O) groups excluding carboxylic acids is 2. The van der Waals surface area contributed by atoms with Gasteiger partial charge in [-0.2, -0.15) is 0 Å². The van der Waals surface area contributed by atoms with Gasteiger partial charge in [0.05, 0.1) is 31.7 Å². The smallest absolute Gasteiger partial charge is 0.305 e. The molecule has 0 saturated heterocycles. The van der Waals surface area contributed by atoms with Crippen LogP contribution in [0.4, 0.5) is 5.82 Å². The molecule has 2 aromatic heterocycles. The van der Waals surface area contributed by atoms with Gasteiger partial charge in [-0.25, -0.2) is 9.19 Å². The lowest BCUT2D eigenvalue weighted by atomic mass is 9.68. The number of nitrogens with one attached hydrogen (secondary N) is 1. The van der Waals surface area contributed by atoms with E-state index in [2.05, 4.69) is 25.1 Å². The number of methoxy groups -OCH3 is 2. The second-order valence-electron chi connectivity index (χ2n) is 14.5. The number of anilines is 1. The number of hydrogen-bond acceptors (Lipinski definition) is 10. The fourth-order valence-electron chi connectivity index (χ4n) is 8.16. The number of ether oxygens (including phenoxy) is 3. The molecule has 3 aromatic rings. The molecule has 13 nitrogen and oxygen atoms in total. The lowest BCUT2D eigenvalue weighted by molar-refractivity contribution is 0.0124. The van der Waals surface area contributed by atoms with Gasteiger partial charge in [-0.3, -0.25) is 19.0 Å². The minimum absolute atomic E-state index is 0.0186. The molecule has 2 aliphatic carbocycles. The summed E-state index contributed by atoms with van der Waals surface area (Å²) in [4.78, 5) is 34.5. The molecule has 2 N–H and O–H groups in total. The molecule has 4 heterocycles. The molecule has 2 aliphatic heterocycles. The van der Waals surface area contributed by atoms with Crippen LogP contribution in [0.3, 0.4) is 0 Å². The van der Waals surface area contributed by atoms with E-state index in [9.17, 15) is 18.9 Å². The van der Waals surface area contributed by atoms with Crippen molar-refractivity contribution in [2.75, 3.05) is 44.6 Å². The molecule has 15 heteroatoms. The van der Waals surface area contributed by atoms with Crippen molar-refractivity contribution >= 4 is 39.1 Å². The van der Waals surface area contributed by atoms with Gasteiger partial charge in [0.15, 0.2) is 11.6 Å². The van der Waals surface area contributed by atoms with Crippen LogP contribution < -0.4 is 19.1 Å². The van der Waals surface area contributed by atoms with Gasteiger partial charge in [-0.15, -0.1) is 9.46 Å². The molecule has 2 bridgehead atoms. The quantitative estimate of drug-likeness (QED) is 0.364. The number of benzene rings is 1. The minimum atomic E-state index is -3.83. The summed E-state index contributed by atoms with van der Waals surface area (Å²) in [5.74, 6) is -1.15. The zero-order valence-corrected chi connectivity index (χ0v) is 31.4. The average Bonchev–Trinajstić information content (AvgIpc) is 3.42. The van der Waals surface area contributed by atoms with Crippen molar-refractivity contribution in [3.05, 3.63) is 76.1 Å². The van der Waals surface area contributed by atoms with Crippen molar-refractivity contribution in [3.63, 3.8) is 0 Å². The second kappa shape index (κ2) is 14.4. The van der Waals surface area contributed by atoms with Gasteiger partial charge in [-0.1, -0.05) is 36.7 Å². The first kappa shape index (κ1) is 36.4. The lowest BCUT2D eigenvalue weighted by Crippen LogP contribution is -2.49. The highest BCUT2D eigenvalue weighted by Crippen LogP contribution is 2.46. The van der Waals surface area contributed by atoms with Gasteiger partial charge in [0.2, 0.25) is 5.88 Å².